The average molecular weight is 407 g/mol. The summed E-state index contributed by atoms with van der Waals surface area (Å²) in [5.74, 6) is 1.93. The number of carbonyl (C=O) groups excluding carboxylic acids is 1. The number of carbonyl (C=O) groups is 1. The summed E-state index contributed by atoms with van der Waals surface area (Å²) < 4.78 is 7.50. The van der Waals surface area contributed by atoms with Gasteiger partial charge in [-0.3, -0.25) is 9.36 Å². The summed E-state index contributed by atoms with van der Waals surface area (Å²) in [5.41, 5.74) is 0.814. The van der Waals surface area contributed by atoms with Crippen LogP contribution in [0.4, 0.5) is 5.69 Å². The van der Waals surface area contributed by atoms with Gasteiger partial charge in [0.05, 0.1) is 12.0 Å². The van der Waals surface area contributed by atoms with Crippen LogP contribution in [0.2, 0.25) is 0 Å². The minimum absolute atomic E-state index is 0.0787. The minimum atomic E-state index is -0.0787. The Labute approximate surface area is 173 Å². The fourth-order valence-electron chi connectivity index (χ4n) is 3.16. The molecule has 1 amide bonds. The summed E-state index contributed by atoms with van der Waals surface area (Å²) in [5, 5.41) is 14.4. The second-order valence-electron chi connectivity index (χ2n) is 7.15. The van der Waals surface area contributed by atoms with Gasteiger partial charge in [0.2, 0.25) is 5.91 Å². The summed E-state index contributed by atoms with van der Waals surface area (Å²) in [6, 6.07) is 17.6. The lowest BCUT2D eigenvalue weighted by molar-refractivity contribution is -0.113. The van der Waals surface area contributed by atoms with E-state index in [2.05, 4.69) is 29.4 Å². The predicted molar refractivity (Wildman–Crippen MR) is 116 cm³/mol. The quantitative estimate of drug-likeness (QED) is 0.433. The van der Waals surface area contributed by atoms with Crippen LogP contribution in [-0.4, -0.2) is 26.4 Å². The van der Waals surface area contributed by atoms with Crippen LogP contribution < -0.4 is 5.32 Å². The van der Waals surface area contributed by atoms with Crippen molar-refractivity contribution in [2.75, 3.05) is 11.1 Å². The molecule has 148 valence electrons. The molecule has 6 nitrogen and oxygen atoms in total. The number of nitrogens with one attached hydrogen (secondary N) is 1. The van der Waals surface area contributed by atoms with Gasteiger partial charge in [-0.05, 0) is 29.5 Å². The molecule has 2 heterocycles. The number of furan rings is 1. The molecular weight excluding hydrogens is 384 g/mol. The molecule has 2 aromatic carbocycles. The van der Waals surface area contributed by atoms with Gasteiger partial charge < -0.3 is 9.73 Å². The number of nitrogens with zero attached hydrogens (tertiary/aromatic N) is 3. The van der Waals surface area contributed by atoms with Crippen molar-refractivity contribution < 1.29 is 9.21 Å². The summed E-state index contributed by atoms with van der Waals surface area (Å²) in [6.07, 6.45) is 1.62. The second-order valence-corrected chi connectivity index (χ2v) is 8.09. The molecule has 0 spiro atoms. The highest BCUT2D eigenvalue weighted by molar-refractivity contribution is 7.99. The molecular formula is C22H22N4O2S. The van der Waals surface area contributed by atoms with Gasteiger partial charge >= 0.3 is 0 Å². The van der Waals surface area contributed by atoms with Gasteiger partial charge in [-0.2, -0.15) is 0 Å². The van der Waals surface area contributed by atoms with Crippen molar-refractivity contribution in [3.63, 3.8) is 0 Å². The van der Waals surface area contributed by atoms with Gasteiger partial charge in [0.25, 0.3) is 0 Å². The normalized spacial score (nSPS) is 11.3. The van der Waals surface area contributed by atoms with Crippen molar-refractivity contribution in [1.29, 1.82) is 0 Å². The zero-order valence-electron chi connectivity index (χ0n) is 16.3. The first-order chi connectivity index (χ1) is 14.1. The number of hydrogen-bond donors (Lipinski definition) is 1. The molecule has 0 fully saturated rings. The molecule has 0 unspecified atom stereocenters. The van der Waals surface area contributed by atoms with E-state index in [-0.39, 0.29) is 11.7 Å². The molecule has 0 radical (unpaired) electrons. The van der Waals surface area contributed by atoms with E-state index in [1.807, 2.05) is 59.2 Å². The Balaban J connectivity index is 1.49. The van der Waals surface area contributed by atoms with Crippen LogP contribution >= 0.6 is 11.8 Å². The predicted octanol–water partition coefficient (Wildman–Crippen LogP) is 5.08. The molecule has 1 N–H and O–H groups in total. The van der Waals surface area contributed by atoms with Crippen molar-refractivity contribution >= 4 is 34.1 Å². The molecule has 29 heavy (non-hydrogen) atoms. The van der Waals surface area contributed by atoms with Gasteiger partial charge in [-0.1, -0.05) is 62.0 Å². The molecule has 0 aliphatic rings. The van der Waals surface area contributed by atoms with Crippen LogP contribution in [0.5, 0.6) is 0 Å². The maximum absolute atomic E-state index is 12.6. The number of aromatic nitrogens is 3. The summed E-state index contributed by atoms with van der Waals surface area (Å²) in [7, 11) is 0. The first-order valence-corrected chi connectivity index (χ1v) is 10.5. The Morgan fingerprint density at radius 3 is 2.72 bits per heavy atom. The van der Waals surface area contributed by atoms with Crippen LogP contribution in [0, 0.1) is 5.92 Å². The van der Waals surface area contributed by atoms with Crippen molar-refractivity contribution in [3.05, 3.63) is 60.9 Å². The molecule has 4 rings (SSSR count). The van der Waals surface area contributed by atoms with E-state index in [1.165, 1.54) is 11.8 Å². The minimum Gasteiger partial charge on any atom is -0.461 e. The lowest BCUT2D eigenvalue weighted by atomic mass is 10.1. The monoisotopic (exact) mass is 406 g/mol. The first kappa shape index (κ1) is 19.3. The van der Waals surface area contributed by atoms with Crippen LogP contribution in [0.25, 0.3) is 22.4 Å². The zero-order chi connectivity index (χ0) is 20.2. The van der Waals surface area contributed by atoms with Crippen molar-refractivity contribution in [3.8, 4) is 11.6 Å². The molecule has 0 saturated carbocycles. The summed E-state index contributed by atoms with van der Waals surface area (Å²) in [6.45, 7) is 5.01. The number of fused-ring (bicyclic) bond motifs is 1. The van der Waals surface area contributed by atoms with Crippen LogP contribution in [0.15, 0.2) is 70.4 Å². The molecule has 7 heteroatoms. The summed E-state index contributed by atoms with van der Waals surface area (Å²) in [4.78, 5) is 12.6. The maximum Gasteiger partial charge on any atom is 0.234 e. The van der Waals surface area contributed by atoms with E-state index in [4.69, 9.17) is 4.42 Å². The van der Waals surface area contributed by atoms with E-state index in [0.717, 1.165) is 23.0 Å². The standard InChI is InChI=1S/C22H22N4O2S/c1-15(2)13-26-21(19-11-6-12-28-19)24-25-22(26)29-14-20(27)23-18-10-5-8-16-7-3-4-9-17(16)18/h3-12,15H,13-14H2,1-2H3,(H,23,27). The smallest absolute Gasteiger partial charge is 0.234 e. The largest absolute Gasteiger partial charge is 0.461 e. The fraction of sp³-hybridized carbons (Fsp3) is 0.227. The Bertz CT molecular complexity index is 1110. The highest BCUT2D eigenvalue weighted by atomic mass is 32.2. The first-order valence-electron chi connectivity index (χ1n) is 9.49. The van der Waals surface area contributed by atoms with E-state index >= 15 is 0 Å². The molecule has 0 aliphatic carbocycles. The average Bonchev–Trinajstić information content (AvgIpc) is 3.36. The number of benzene rings is 2. The molecule has 0 atom stereocenters. The molecule has 0 bridgehead atoms. The SMILES string of the molecule is CC(C)Cn1c(SCC(=O)Nc2cccc3ccccc23)nnc1-c1ccco1. The van der Waals surface area contributed by atoms with Gasteiger partial charge in [0.1, 0.15) is 0 Å². The number of amides is 1. The molecule has 2 aromatic heterocycles. The van der Waals surface area contributed by atoms with Crippen molar-refractivity contribution in [2.45, 2.75) is 25.5 Å². The van der Waals surface area contributed by atoms with E-state index in [1.54, 1.807) is 6.26 Å². The number of rotatable bonds is 7. The number of anilines is 1. The highest BCUT2D eigenvalue weighted by Crippen LogP contribution is 2.27. The maximum atomic E-state index is 12.6. The van der Waals surface area contributed by atoms with E-state index in [9.17, 15) is 4.79 Å². The van der Waals surface area contributed by atoms with Crippen molar-refractivity contribution in [2.24, 2.45) is 5.92 Å². The van der Waals surface area contributed by atoms with Crippen molar-refractivity contribution in [1.82, 2.24) is 14.8 Å². The Morgan fingerprint density at radius 1 is 1.10 bits per heavy atom. The zero-order valence-corrected chi connectivity index (χ0v) is 17.1. The summed E-state index contributed by atoms with van der Waals surface area (Å²) >= 11 is 1.38. The molecule has 4 aromatic rings. The van der Waals surface area contributed by atoms with Crippen LogP contribution in [0.1, 0.15) is 13.8 Å². The Morgan fingerprint density at radius 2 is 1.93 bits per heavy atom. The van der Waals surface area contributed by atoms with Crippen LogP contribution in [0.3, 0.4) is 0 Å². The molecule has 0 saturated heterocycles. The third-order valence-corrected chi connectivity index (χ3v) is 5.37. The Kier molecular flexibility index (Phi) is 5.67. The fourth-order valence-corrected chi connectivity index (χ4v) is 3.91. The number of hydrogen-bond acceptors (Lipinski definition) is 5. The lowest BCUT2D eigenvalue weighted by Crippen LogP contribution is -2.15. The number of thioether (sulfide) groups is 1. The molecule has 0 aliphatic heterocycles. The third kappa shape index (κ3) is 4.35. The second kappa shape index (κ2) is 8.53. The van der Waals surface area contributed by atoms with E-state index < -0.39 is 0 Å². The van der Waals surface area contributed by atoms with Gasteiger partial charge in [0, 0.05) is 17.6 Å². The van der Waals surface area contributed by atoms with Gasteiger partial charge in [-0.15, -0.1) is 10.2 Å². The lowest BCUT2D eigenvalue weighted by Gasteiger charge is -2.12. The Hall–Kier alpha value is -3.06. The van der Waals surface area contributed by atoms with Gasteiger partial charge in [-0.25, -0.2) is 0 Å². The topological polar surface area (TPSA) is 73.0 Å². The highest BCUT2D eigenvalue weighted by Gasteiger charge is 2.18. The van der Waals surface area contributed by atoms with E-state index in [0.29, 0.717) is 22.7 Å². The van der Waals surface area contributed by atoms with Crippen LogP contribution in [-0.2, 0) is 11.3 Å². The van der Waals surface area contributed by atoms with Gasteiger partial charge in [0.15, 0.2) is 16.7 Å². The third-order valence-electron chi connectivity index (χ3n) is 4.40.